The largest absolute Gasteiger partial charge is 0.317 e. The second-order valence-electron chi connectivity index (χ2n) is 6.36. The quantitative estimate of drug-likeness (QED) is 0.823. The summed E-state index contributed by atoms with van der Waals surface area (Å²) < 4.78 is 28.3. The molecule has 1 nitrogen and oxygen atoms in total. The number of nitrogens with one attached hydrogen (secondary N) is 1. The Hall–Kier alpha value is -0.960. The number of hydrogen-bond donors (Lipinski definition) is 1. The third-order valence-corrected chi connectivity index (χ3v) is 5.04. The van der Waals surface area contributed by atoms with Crippen LogP contribution in [0, 0.1) is 30.4 Å². The Morgan fingerprint density at radius 3 is 2.57 bits per heavy atom. The molecule has 21 heavy (non-hydrogen) atoms. The standard InChI is InChI=1S/C18H27F2N/c1-4-13-7-8-14(11-21-5-2)16(10-13)15-9-6-12(3)17(19)18(15)20/h6,9,13-14,16,21H,4-5,7-8,10-11H2,1-3H3. The van der Waals surface area contributed by atoms with Gasteiger partial charge in [-0.3, -0.25) is 0 Å². The molecule has 1 N–H and O–H groups in total. The van der Waals surface area contributed by atoms with Gasteiger partial charge in [0.05, 0.1) is 0 Å². The topological polar surface area (TPSA) is 12.0 Å². The van der Waals surface area contributed by atoms with Crippen LogP contribution in [-0.4, -0.2) is 13.1 Å². The highest BCUT2D eigenvalue weighted by Crippen LogP contribution is 2.42. The van der Waals surface area contributed by atoms with Gasteiger partial charge >= 0.3 is 0 Å². The first-order chi connectivity index (χ1) is 10.1. The summed E-state index contributed by atoms with van der Waals surface area (Å²) in [5.41, 5.74) is 0.974. The van der Waals surface area contributed by atoms with Gasteiger partial charge in [-0.05, 0) is 61.7 Å². The summed E-state index contributed by atoms with van der Waals surface area (Å²) >= 11 is 0. The van der Waals surface area contributed by atoms with E-state index in [0.29, 0.717) is 23.0 Å². The first-order valence-electron chi connectivity index (χ1n) is 8.23. The fourth-order valence-corrected chi connectivity index (χ4v) is 3.59. The summed E-state index contributed by atoms with van der Waals surface area (Å²) in [6.45, 7) is 7.71. The van der Waals surface area contributed by atoms with E-state index < -0.39 is 11.6 Å². The van der Waals surface area contributed by atoms with Crippen LogP contribution in [0.3, 0.4) is 0 Å². The van der Waals surface area contributed by atoms with E-state index in [9.17, 15) is 8.78 Å². The summed E-state index contributed by atoms with van der Waals surface area (Å²) in [7, 11) is 0. The van der Waals surface area contributed by atoms with E-state index in [1.165, 1.54) is 6.42 Å². The Balaban J connectivity index is 2.28. The van der Waals surface area contributed by atoms with Crippen molar-refractivity contribution in [3.63, 3.8) is 0 Å². The summed E-state index contributed by atoms with van der Waals surface area (Å²) in [5.74, 6) is -0.120. The van der Waals surface area contributed by atoms with Crippen LogP contribution >= 0.6 is 0 Å². The molecule has 3 heteroatoms. The summed E-state index contributed by atoms with van der Waals surface area (Å²) in [6, 6.07) is 3.52. The van der Waals surface area contributed by atoms with Crippen LogP contribution in [0.4, 0.5) is 8.78 Å². The Morgan fingerprint density at radius 1 is 1.14 bits per heavy atom. The van der Waals surface area contributed by atoms with Crippen molar-refractivity contribution in [3.05, 3.63) is 34.9 Å². The third kappa shape index (κ3) is 3.63. The fourth-order valence-electron chi connectivity index (χ4n) is 3.59. The third-order valence-electron chi connectivity index (χ3n) is 5.04. The average molecular weight is 295 g/mol. The molecule has 0 saturated heterocycles. The summed E-state index contributed by atoms with van der Waals surface area (Å²) in [4.78, 5) is 0. The molecule has 0 radical (unpaired) electrons. The molecule has 1 aliphatic carbocycles. The maximum Gasteiger partial charge on any atom is 0.162 e. The molecular formula is C18H27F2N. The first-order valence-corrected chi connectivity index (χ1v) is 8.23. The molecule has 3 unspecified atom stereocenters. The van der Waals surface area contributed by atoms with Crippen molar-refractivity contribution in [1.29, 1.82) is 0 Å². The second kappa shape index (κ2) is 7.35. The molecule has 0 heterocycles. The molecule has 1 aromatic carbocycles. The van der Waals surface area contributed by atoms with Gasteiger partial charge in [0, 0.05) is 0 Å². The molecule has 1 aliphatic rings. The van der Waals surface area contributed by atoms with E-state index in [1.807, 2.05) is 0 Å². The lowest BCUT2D eigenvalue weighted by Gasteiger charge is -2.36. The van der Waals surface area contributed by atoms with Crippen molar-refractivity contribution in [2.24, 2.45) is 11.8 Å². The zero-order valence-corrected chi connectivity index (χ0v) is 13.4. The lowest BCUT2D eigenvalue weighted by molar-refractivity contribution is 0.222. The van der Waals surface area contributed by atoms with Crippen molar-refractivity contribution in [1.82, 2.24) is 5.32 Å². The van der Waals surface area contributed by atoms with Gasteiger partial charge in [0.2, 0.25) is 0 Å². The lowest BCUT2D eigenvalue weighted by atomic mass is 9.70. The molecule has 1 fully saturated rings. The highest BCUT2D eigenvalue weighted by Gasteiger charge is 2.33. The Morgan fingerprint density at radius 2 is 1.90 bits per heavy atom. The smallest absolute Gasteiger partial charge is 0.162 e. The van der Waals surface area contributed by atoms with Gasteiger partial charge in [-0.1, -0.05) is 38.8 Å². The van der Waals surface area contributed by atoms with Gasteiger partial charge in [0.1, 0.15) is 0 Å². The van der Waals surface area contributed by atoms with Gasteiger partial charge in [-0.15, -0.1) is 0 Å². The van der Waals surface area contributed by atoms with Crippen molar-refractivity contribution < 1.29 is 8.78 Å². The van der Waals surface area contributed by atoms with Gasteiger partial charge < -0.3 is 5.32 Å². The maximum absolute atomic E-state index is 14.4. The summed E-state index contributed by atoms with van der Waals surface area (Å²) in [5, 5.41) is 3.38. The first kappa shape index (κ1) is 16.4. The van der Waals surface area contributed by atoms with Crippen LogP contribution in [0.15, 0.2) is 12.1 Å². The number of rotatable bonds is 5. The summed E-state index contributed by atoms with van der Waals surface area (Å²) in [6.07, 6.45) is 4.41. The van der Waals surface area contributed by atoms with Crippen molar-refractivity contribution >= 4 is 0 Å². The zero-order chi connectivity index (χ0) is 15.4. The zero-order valence-electron chi connectivity index (χ0n) is 13.4. The molecule has 0 bridgehead atoms. The van der Waals surface area contributed by atoms with Crippen molar-refractivity contribution in [2.75, 3.05) is 13.1 Å². The molecule has 0 aromatic heterocycles. The van der Waals surface area contributed by atoms with E-state index in [4.69, 9.17) is 0 Å². The normalized spacial score (nSPS) is 26.0. The van der Waals surface area contributed by atoms with Crippen LogP contribution in [0.2, 0.25) is 0 Å². The number of halogens is 2. The monoisotopic (exact) mass is 295 g/mol. The SMILES string of the molecule is CCNCC1CCC(CC)CC1c1ccc(C)c(F)c1F. The Bertz CT molecular complexity index is 473. The number of aryl methyl sites for hydroxylation is 1. The minimum absolute atomic E-state index is 0.137. The Labute approximate surface area is 127 Å². The molecule has 118 valence electrons. The molecule has 3 atom stereocenters. The van der Waals surface area contributed by atoms with Gasteiger partial charge in [-0.25, -0.2) is 8.78 Å². The van der Waals surface area contributed by atoms with E-state index in [2.05, 4.69) is 19.2 Å². The van der Waals surface area contributed by atoms with Crippen LogP contribution in [-0.2, 0) is 0 Å². The molecule has 1 aromatic rings. The second-order valence-corrected chi connectivity index (χ2v) is 6.36. The minimum Gasteiger partial charge on any atom is -0.317 e. The molecule has 0 amide bonds. The molecule has 1 saturated carbocycles. The Kier molecular flexibility index (Phi) is 5.74. The van der Waals surface area contributed by atoms with Crippen molar-refractivity contribution in [2.45, 2.75) is 52.4 Å². The highest BCUT2D eigenvalue weighted by molar-refractivity contribution is 5.29. The molecule has 0 aliphatic heterocycles. The van der Waals surface area contributed by atoms with Crippen LogP contribution < -0.4 is 5.32 Å². The van der Waals surface area contributed by atoms with Crippen LogP contribution in [0.25, 0.3) is 0 Å². The molecule has 2 rings (SSSR count). The maximum atomic E-state index is 14.4. The average Bonchev–Trinajstić information content (AvgIpc) is 2.51. The van der Waals surface area contributed by atoms with Gasteiger partial charge in [-0.2, -0.15) is 0 Å². The predicted octanol–water partition coefficient (Wildman–Crippen LogP) is 4.79. The number of hydrogen-bond acceptors (Lipinski definition) is 1. The van der Waals surface area contributed by atoms with Crippen molar-refractivity contribution in [3.8, 4) is 0 Å². The van der Waals surface area contributed by atoms with Gasteiger partial charge in [0.25, 0.3) is 0 Å². The van der Waals surface area contributed by atoms with E-state index in [0.717, 1.165) is 32.4 Å². The van der Waals surface area contributed by atoms with E-state index in [1.54, 1.807) is 19.1 Å². The molecular weight excluding hydrogens is 268 g/mol. The van der Waals surface area contributed by atoms with E-state index in [-0.39, 0.29) is 5.92 Å². The fraction of sp³-hybridized carbons (Fsp3) is 0.667. The van der Waals surface area contributed by atoms with Crippen LogP contribution in [0.5, 0.6) is 0 Å². The number of benzene rings is 1. The predicted molar refractivity (Wildman–Crippen MR) is 83.5 cm³/mol. The highest BCUT2D eigenvalue weighted by atomic mass is 19.2. The van der Waals surface area contributed by atoms with Gasteiger partial charge in [0.15, 0.2) is 11.6 Å². The lowest BCUT2D eigenvalue weighted by Crippen LogP contribution is -2.32. The molecule has 0 spiro atoms. The minimum atomic E-state index is -0.673. The van der Waals surface area contributed by atoms with Crippen LogP contribution in [0.1, 0.15) is 56.6 Å². The van der Waals surface area contributed by atoms with E-state index >= 15 is 0 Å².